The molecule has 0 unspecified atom stereocenters. The molecule has 0 aromatic heterocycles. The molecule has 4 nitrogen and oxygen atoms in total. The fourth-order valence-electron chi connectivity index (χ4n) is 1.48. The van der Waals surface area contributed by atoms with Crippen LogP contribution in [-0.2, 0) is 0 Å². The molecule has 0 atom stereocenters. The van der Waals surface area contributed by atoms with Gasteiger partial charge in [-0.2, -0.15) is 0 Å². The fraction of sp³-hybridized carbons (Fsp3) is 0. The average molecular weight is 307 g/mol. The Morgan fingerprint density at radius 1 is 1.05 bits per heavy atom. The van der Waals surface area contributed by atoms with Gasteiger partial charge in [0.2, 0.25) is 0 Å². The van der Waals surface area contributed by atoms with Gasteiger partial charge < -0.3 is 10.4 Å². The zero-order chi connectivity index (χ0) is 14.5. The van der Waals surface area contributed by atoms with Crippen LogP contribution in [-0.4, -0.2) is 16.1 Å². The highest BCUT2D eigenvalue weighted by Gasteiger charge is 2.07. The van der Waals surface area contributed by atoms with Gasteiger partial charge >= 0.3 is 0 Å². The molecule has 20 heavy (non-hydrogen) atoms. The van der Waals surface area contributed by atoms with Gasteiger partial charge in [-0.3, -0.25) is 10.1 Å². The molecule has 2 aromatic carbocycles. The lowest BCUT2D eigenvalue weighted by atomic mass is 10.2. The van der Waals surface area contributed by atoms with E-state index >= 15 is 0 Å². The number of benzene rings is 2. The van der Waals surface area contributed by atoms with Crippen molar-refractivity contribution in [3.05, 3.63) is 59.1 Å². The van der Waals surface area contributed by atoms with Gasteiger partial charge in [0.05, 0.1) is 0 Å². The van der Waals surface area contributed by atoms with Gasteiger partial charge in [0, 0.05) is 16.3 Å². The summed E-state index contributed by atoms with van der Waals surface area (Å²) in [4.78, 5) is 11.9. The van der Waals surface area contributed by atoms with E-state index in [0.717, 1.165) is 0 Å². The number of thiocarbonyl (C=S) groups is 1. The topological polar surface area (TPSA) is 61.4 Å². The summed E-state index contributed by atoms with van der Waals surface area (Å²) in [5, 5.41) is 15.3. The monoisotopic (exact) mass is 306 g/mol. The van der Waals surface area contributed by atoms with Crippen molar-refractivity contribution in [3.63, 3.8) is 0 Å². The number of halogens is 1. The lowest BCUT2D eigenvalue weighted by molar-refractivity contribution is 0.0978. The van der Waals surface area contributed by atoms with Crippen LogP contribution in [0.25, 0.3) is 0 Å². The van der Waals surface area contributed by atoms with Crippen LogP contribution in [0.3, 0.4) is 0 Å². The molecule has 0 heterocycles. The molecule has 0 bridgehead atoms. The standard InChI is InChI=1S/C14H11ClN2O2S/c15-10-3-1-9(2-4-10)13(19)17-14(20)16-11-5-7-12(18)8-6-11/h1-8,18H,(H2,16,17,19,20). The molecule has 0 fully saturated rings. The van der Waals surface area contributed by atoms with Crippen molar-refractivity contribution in [1.29, 1.82) is 0 Å². The fourth-order valence-corrected chi connectivity index (χ4v) is 1.82. The number of anilines is 1. The summed E-state index contributed by atoms with van der Waals surface area (Å²) in [6.07, 6.45) is 0. The van der Waals surface area contributed by atoms with Crippen LogP contribution in [0, 0.1) is 0 Å². The predicted octanol–water partition coefficient (Wildman–Crippen LogP) is 3.17. The minimum atomic E-state index is -0.321. The number of carbonyl (C=O) groups is 1. The Kier molecular flexibility index (Phi) is 4.55. The molecule has 1 amide bonds. The SMILES string of the molecule is O=C(NC(=S)Nc1ccc(O)cc1)c1ccc(Cl)cc1. The highest BCUT2D eigenvalue weighted by molar-refractivity contribution is 7.80. The average Bonchev–Trinajstić information content (AvgIpc) is 2.42. The van der Waals surface area contributed by atoms with Crippen molar-refractivity contribution in [2.75, 3.05) is 5.32 Å². The Labute approximate surface area is 126 Å². The van der Waals surface area contributed by atoms with Crippen LogP contribution in [0.4, 0.5) is 5.69 Å². The highest BCUT2D eigenvalue weighted by atomic mass is 35.5. The lowest BCUT2D eigenvalue weighted by Gasteiger charge is -2.09. The smallest absolute Gasteiger partial charge is 0.257 e. The third-order valence-corrected chi connectivity index (χ3v) is 2.91. The van der Waals surface area contributed by atoms with E-state index < -0.39 is 0 Å². The van der Waals surface area contributed by atoms with Gasteiger partial charge in [0.1, 0.15) is 5.75 Å². The summed E-state index contributed by atoms with van der Waals surface area (Å²) in [5.74, 6) is -0.162. The van der Waals surface area contributed by atoms with Gasteiger partial charge in [-0.05, 0) is 60.7 Å². The van der Waals surface area contributed by atoms with E-state index in [1.807, 2.05) is 0 Å². The second kappa shape index (κ2) is 6.36. The minimum Gasteiger partial charge on any atom is -0.508 e. The number of phenolic OH excluding ortho intramolecular Hbond substituents is 1. The third kappa shape index (κ3) is 3.94. The largest absolute Gasteiger partial charge is 0.508 e. The van der Waals surface area contributed by atoms with E-state index in [1.54, 1.807) is 36.4 Å². The molecule has 0 aliphatic carbocycles. The first-order valence-electron chi connectivity index (χ1n) is 5.71. The first kappa shape index (κ1) is 14.3. The van der Waals surface area contributed by atoms with E-state index in [1.165, 1.54) is 12.1 Å². The van der Waals surface area contributed by atoms with E-state index in [4.69, 9.17) is 28.9 Å². The van der Waals surface area contributed by atoms with Crippen molar-refractivity contribution in [2.24, 2.45) is 0 Å². The summed E-state index contributed by atoms with van der Waals surface area (Å²) >= 11 is 10.8. The van der Waals surface area contributed by atoms with E-state index in [0.29, 0.717) is 16.3 Å². The minimum absolute atomic E-state index is 0.159. The summed E-state index contributed by atoms with van der Waals surface area (Å²) < 4.78 is 0. The molecule has 0 aliphatic heterocycles. The maximum absolute atomic E-state index is 11.9. The molecule has 0 spiro atoms. The Hall–Kier alpha value is -2.11. The second-order valence-corrected chi connectivity index (χ2v) is 4.81. The van der Waals surface area contributed by atoms with Gasteiger partial charge in [0.15, 0.2) is 5.11 Å². The quantitative estimate of drug-likeness (QED) is 0.589. The first-order valence-corrected chi connectivity index (χ1v) is 6.50. The number of carbonyl (C=O) groups excluding carboxylic acids is 1. The van der Waals surface area contributed by atoms with Crippen LogP contribution < -0.4 is 10.6 Å². The lowest BCUT2D eigenvalue weighted by Crippen LogP contribution is -2.34. The first-order chi connectivity index (χ1) is 9.54. The molecule has 6 heteroatoms. The number of aromatic hydroxyl groups is 1. The van der Waals surface area contributed by atoms with Crippen molar-refractivity contribution < 1.29 is 9.90 Å². The zero-order valence-corrected chi connectivity index (χ0v) is 11.8. The number of nitrogens with one attached hydrogen (secondary N) is 2. The molecule has 0 radical (unpaired) electrons. The summed E-state index contributed by atoms with van der Waals surface area (Å²) in [6.45, 7) is 0. The van der Waals surface area contributed by atoms with Gasteiger partial charge in [-0.15, -0.1) is 0 Å². The molecule has 102 valence electrons. The Morgan fingerprint density at radius 3 is 2.25 bits per heavy atom. The van der Waals surface area contributed by atoms with Gasteiger partial charge in [-0.1, -0.05) is 11.6 Å². The molecule has 2 rings (SSSR count). The van der Waals surface area contributed by atoms with Crippen LogP contribution in [0.5, 0.6) is 5.75 Å². The normalized spacial score (nSPS) is 9.85. The van der Waals surface area contributed by atoms with Crippen LogP contribution in [0.1, 0.15) is 10.4 Å². The Bertz CT molecular complexity index is 627. The molecule has 3 N–H and O–H groups in total. The van der Waals surface area contributed by atoms with E-state index in [-0.39, 0.29) is 16.8 Å². The molecule has 0 saturated carbocycles. The summed E-state index contributed by atoms with van der Waals surface area (Å²) in [5.41, 5.74) is 1.13. The maximum atomic E-state index is 11.9. The molecular weight excluding hydrogens is 296 g/mol. The van der Waals surface area contributed by atoms with E-state index in [2.05, 4.69) is 10.6 Å². The summed E-state index contributed by atoms with van der Waals surface area (Å²) in [7, 11) is 0. The van der Waals surface area contributed by atoms with Crippen molar-refractivity contribution in [3.8, 4) is 5.75 Å². The summed E-state index contributed by atoms with van der Waals surface area (Å²) in [6, 6.07) is 12.8. The van der Waals surface area contributed by atoms with Crippen molar-refractivity contribution >= 4 is 40.5 Å². The predicted molar refractivity (Wildman–Crippen MR) is 83.2 cm³/mol. The van der Waals surface area contributed by atoms with Crippen LogP contribution >= 0.6 is 23.8 Å². The molecule has 2 aromatic rings. The molecule has 0 aliphatic rings. The highest BCUT2D eigenvalue weighted by Crippen LogP contribution is 2.13. The maximum Gasteiger partial charge on any atom is 0.257 e. The number of rotatable bonds is 2. The number of phenols is 1. The Morgan fingerprint density at radius 2 is 1.65 bits per heavy atom. The van der Waals surface area contributed by atoms with E-state index in [9.17, 15) is 4.79 Å². The number of hydrogen-bond donors (Lipinski definition) is 3. The van der Waals surface area contributed by atoms with Crippen LogP contribution in [0.15, 0.2) is 48.5 Å². The third-order valence-electron chi connectivity index (χ3n) is 2.46. The Balaban J connectivity index is 1.95. The second-order valence-electron chi connectivity index (χ2n) is 3.96. The zero-order valence-electron chi connectivity index (χ0n) is 10.3. The number of amides is 1. The molecule has 0 saturated heterocycles. The van der Waals surface area contributed by atoms with Crippen molar-refractivity contribution in [1.82, 2.24) is 5.32 Å². The van der Waals surface area contributed by atoms with Crippen LogP contribution in [0.2, 0.25) is 5.02 Å². The van der Waals surface area contributed by atoms with Gasteiger partial charge in [-0.25, -0.2) is 0 Å². The number of hydrogen-bond acceptors (Lipinski definition) is 3. The molecular formula is C14H11ClN2O2S. The van der Waals surface area contributed by atoms with Crippen molar-refractivity contribution in [2.45, 2.75) is 0 Å². The van der Waals surface area contributed by atoms with Gasteiger partial charge in [0.25, 0.3) is 5.91 Å².